The van der Waals surface area contributed by atoms with Gasteiger partial charge in [0.2, 0.25) is 6.33 Å². The first-order valence-electron chi connectivity index (χ1n) is 2.98. The second kappa shape index (κ2) is 7.92. The molecule has 0 unspecified atom stereocenters. The number of halogens is 1. The van der Waals surface area contributed by atoms with Gasteiger partial charge in [0, 0.05) is 0 Å². The average molecular weight is 218 g/mol. The third kappa shape index (κ3) is 5.13. The Morgan fingerprint density at radius 2 is 2.09 bits per heavy atom. The molecule has 0 aromatic carbocycles. The second-order valence-corrected chi connectivity index (χ2v) is 1.91. The molecule has 0 amide bonds. The van der Waals surface area contributed by atoms with Crippen molar-refractivity contribution in [3.63, 3.8) is 0 Å². The van der Waals surface area contributed by atoms with Crippen molar-refractivity contribution < 1.29 is 36.8 Å². The summed E-state index contributed by atoms with van der Waals surface area (Å²) >= 11 is 2.00. The quantitative estimate of drug-likeness (QED) is 0.370. The molecule has 0 fully saturated rings. The van der Waals surface area contributed by atoms with Gasteiger partial charge in [-0.05, 0) is 6.92 Å². The Hall–Kier alpha value is -0.181. The first kappa shape index (κ1) is 13.4. The Bertz CT molecular complexity index is 192. The van der Waals surface area contributed by atoms with E-state index in [9.17, 15) is 0 Å². The first-order valence-corrected chi connectivity index (χ1v) is 3.43. The van der Waals surface area contributed by atoms with E-state index in [0.29, 0.717) is 0 Å². The van der Waals surface area contributed by atoms with Crippen molar-refractivity contribution in [2.24, 2.45) is 7.05 Å². The van der Waals surface area contributed by atoms with Crippen LogP contribution in [0.1, 0.15) is 6.92 Å². The van der Waals surface area contributed by atoms with E-state index in [1.165, 1.54) is 0 Å². The molecule has 0 radical (unpaired) electrons. The fraction of sp³-hybridized carbons (Fsp3) is 0.500. The molecule has 5 heteroatoms. The summed E-state index contributed by atoms with van der Waals surface area (Å²) in [6.45, 7) is 3.18. The van der Waals surface area contributed by atoms with E-state index in [4.69, 9.17) is 3.83 Å². The van der Waals surface area contributed by atoms with Gasteiger partial charge >= 0.3 is 19.8 Å². The Morgan fingerprint density at radius 3 is 2.27 bits per heavy atom. The molecule has 0 saturated carbocycles. The second-order valence-electron chi connectivity index (χ2n) is 1.91. The molecular weight excluding hydrogens is 207 g/mol. The van der Waals surface area contributed by atoms with E-state index in [-0.39, 0.29) is 12.4 Å². The summed E-state index contributed by atoms with van der Waals surface area (Å²) in [4.78, 5) is 0. The minimum atomic E-state index is 0. The number of hydrogen-bond acceptors (Lipinski definition) is 1. The number of imidazole rings is 1. The molecule has 1 aromatic heterocycles. The number of nitrogens with zero attached hydrogens (tertiary/aromatic N) is 2. The minimum absolute atomic E-state index is 0. The van der Waals surface area contributed by atoms with Gasteiger partial charge in [0.15, 0.2) is 0 Å². The molecule has 1 aromatic rings. The fourth-order valence-corrected chi connectivity index (χ4v) is 0.689. The first-order chi connectivity index (χ1) is 4.83. The monoisotopic (exact) mass is 218 g/mol. The summed E-state index contributed by atoms with van der Waals surface area (Å²) < 4.78 is 12.2. The van der Waals surface area contributed by atoms with Gasteiger partial charge in [-0.1, -0.05) is 0 Å². The molecule has 0 N–H and O–H groups in total. The van der Waals surface area contributed by atoms with Crippen LogP contribution in [0.5, 0.6) is 0 Å². The summed E-state index contributed by atoms with van der Waals surface area (Å²) in [6, 6.07) is 0. The molecule has 0 saturated heterocycles. The summed E-state index contributed by atoms with van der Waals surface area (Å²) in [7, 11) is 2.02. The van der Waals surface area contributed by atoms with Crippen LogP contribution >= 0.6 is 0 Å². The number of aryl methyl sites for hydroxylation is 2. The van der Waals surface area contributed by atoms with Crippen molar-refractivity contribution in [2.75, 3.05) is 0 Å². The summed E-state index contributed by atoms with van der Waals surface area (Å²) in [5, 5.41) is 0. The van der Waals surface area contributed by atoms with Crippen molar-refractivity contribution in [3.8, 4) is 0 Å². The van der Waals surface area contributed by atoms with Gasteiger partial charge in [0.05, 0.1) is 13.6 Å². The predicted octanol–water partition coefficient (Wildman–Crippen LogP) is -2.78. The Kier molecular flexibility index (Phi) is 9.66. The van der Waals surface area contributed by atoms with Gasteiger partial charge in [-0.25, -0.2) is 9.13 Å². The van der Waals surface area contributed by atoms with Crippen LogP contribution in [0.2, 0.25) is 0 Å². The van der Waals surface area contributed by atoms with Gasteiger partial charge in [0.1, 0.15) is 12.4 Å². The maximum atomic E-state index is 8.00. The van der Waals surface area contributed by atoms with Crippen molar-refractivity contribution in [3.05, 3.63) is 18.7 Å². The molecule has 0 aliphatic heterocycles. The van der Waals surface area contributed by atoms with Gasteiger partial charge < -0.3 is 12.4 Å². The molecule has 0 aliphatic rings. The topological polar surface area (TPSA) is 25.9 Å². The maximum absolute atomic E-state index is 8.00. The van der Waals surface area contributed by atoms with Gasteiger partial charge in [-0.3, -0.25) is 0 Å². The summed E-state index contributed by atoms with van der Waals surface area (Å²) in [5.74, 6) is 0. The van der Waals surface area contributed by atoms with E-state index in [0.717, 1.165) is 6.54 Å². The summed E-state index contributed by atoms with van der Waals surface area (Å²) in [5.41, 5.74) is 0. The zero-order chi connectivity index (χ0) is 7.98. The van der Waals surface area contributed by atoms with E-state index in [1.54, 1.807) is 0 Å². The van der Waals surface area contributed by atoms with Gasteiger partial charge in [-0.15, -0.1) is 0 Å². The molecule has 11 heavy (non-hydrogen) atoms. The van der Waals surface area contributed by atoms with Crippen molar-refractivity contribution in [2.45, 2.75) is 13.5 Å². The normalized spacial score (nSPS) is 7.55. The predicted molar refractivity (Wildman–Crippen MR) is 32.0 cm³/mol. The Morgan fingerprint density at radius 1 is 1.55 bits per heavy atom. The van der Waals surface area contributed by atoms with Gasteiger partial charge in [0.25, 0.3) is 0 Å². The molecule has 0 bridgehead atoms. The number of hydrogen-bond donors (Lipinski definition) is 0. The summed E-state index contributed by atoms with van der Waals surface area (Å²) in [6.07, 6.45) is 6.14. The third-order valence-corrected chi connectivity index (χ3v) is 1.19. The van der Waals surface area contributed by atoms with Gasteiger partial charge in [-0.2, -0.15) is 0 Å². The van der Waals surface area contributed by atoms with Crippen molar-refractivity contribution in [1.82, 2.24) is 4.57 Å². The van der Waals surface area contributed by atoms with Crippen LogP contribution in [0, 0.1) is 0 Å². The Balaban J connectivity index is 0. The standard InChI is InChI=1S/C6H11N2.ClH.Fe.O/c1-3-8-5-4-7(2)6-8;;;/h4-6H,3H2,1-2H3;1H;;/q+1;;;/p-1. The zero-order valence-corrected chi connectivity index (χ0v) is 8.33. The number of aromatic nitrogens is 2. The van der Waals surface area contributed by atoms with E-state index >= 15 is 0 Å². The van der Waals surface area contributed by atoms with E-state index in [2.05, 4.69) is 24.0 Å². The molecule has 1 heterocycles. The Labute approximate surface area is 80.8 Å². The molecule has 0 spiro atoms. The van der Waals surface area contributed by atoms with Crippen LogP contribution in [-0.2, 0) is 33.4 Å². The van der Waals surface area contributed by atoms with Crippen LogP contribution in [0.4, 0.5) is 0 Å². The van der Waals surface area contributed by atoms with Crippen molar-refractivity contribution in [1.29, 1.82) is 0 Å². The molecule has 1 rings (SSSR count). The fourth-order valence-electron chi connectivity index (χ4n) is 0.689. The van der Waals surface area contributed by atoms with Crippen LogP contribution in [0.15, 0.2) is 18.7 Å². The van der Waals surface area contributed by atoms with Crippen LogP contribution in [0.3, 0.4) is 0 Å². The zero-order valence-electron chi connectivity index (χ0n) is 6.47. The average Bonchev–Trinajstić information content (AvgIpc) is 2.40. The van der Waals surface area contributed by atoms with E-state index in [1.807, 2.05) is 33.8 Å². The molecule has 66 valence electrons. The number of rotatable bonds is 1. The molecule has 0 atom stereocenters. The van der Waals surface area contributed by atoms with E-state index < -0.39 is 0 Å². The van der Waals surface area contributed by atoms with Crippen LogP contribution in [0.25, 0.3) is 0 Å². The van der Waals surface area contributed by atoms with Crippen molar-refractivity contribution >= 4 is 0 Å². The molecule has 3 nitrogen and oxygen atoms in total. The molecular formula is C6H11ClFeN2O. The molecule has 0 aliphatic carbocycles. The third-order valence-electron chi connectivity index (χ3n) is 1.19. The van der Waals surface area contributed by atoms with Crippen LogP contribution < -0.4 is 17.0 Å². The SMILES string of the molecule is CCn1cc[n+](C)c1.[Cl-].[O]=[Fe]. The van der Waals surface area contributed by atoms with Crippen LogP contribution in [-0.4, -0.2) is 4.57 Å².